The third-order valence-corrected chi connectivity index (χ3v) is 7.82. The number of para-hydroxylation sites is 1. The molecular weight excluding hydrogens is 506 g/mol. The molecule has 0 aliphatic heterocycles. The Morgan fingerprint density at radius 2 is 1.62 bits per heavy atom. The van der Waals surface area contributed by atoms with E-state index in [1.54, 1.807) is 23.0 Å². The SMILES string of the molecule is Cc1ccc(S(=O)(=O)C(C#N)=Cc2cn(-c3ccccc3)nc2-c2cccc(OCc3ccccc3)c2)cc1. The molecule has 1 aromatic heterocycles. The van der Waals surface area contributed by atoms with Crippen LogP contribution in [0.1, 0.15) is 16.7 Å². The molecule has 0 fully saturated rings. The van der Waals surface area contributed by atoms with Gasteiger partial charge in [-0.15, -0.1) is 0 Å². The summed E-state index contributed by atoms with van der Waals surface area (Å²) < 4.78 is 34.4. The Balaban J connectivity index is 1.57. The molecule has 0 spiro atoms. The normalized spacial score (nSPS) is 11.6. The molecule has 0 atom stereocenters. The number of rotatable bonds is 8. The summed E-state index contributed by atoms with van der Waals surface area (Å²) in [4.78, 5) is -0.300. The number of sulfone groups is 1. The number of nitrogens with zero attached hydrogens (tertiary/aromatic N) is 3. The Labute approximate surface area is 228 Å². The molecule has 4 aromatic carbocycles. The van der Waals surface area contributed by atoms with Gasteiger partial charge < -0.3 is 4.74 Å². The minimum atomic E-state index is -4.03. The van der Waals surface area contributed by atoms with E-state index in [0.717, 1.165) is 22.4 Å². The van der Waals surface area contributed by atoms with Crippen molar-refractivity contribution in [3.05, 3.63) is 137 Å². The second-order valence-electron chi connectivity index (χ2n) is 8.95. The predicted molar refractivity (Wildman–Crippen MR) is 152 cm³/mol. The molecule has 0 aliphatic rings. The van der Waals surface area contributed by atoms with Crippen LogP contribution in [0, 0.1) is 18.3 Å². The number of ether oxygens (including phenoxy) is 1. The molecule has 7 heteroatoms. The van der Waals surface area contributed by atoms with Gasteiger partial charge in [0, 0.05) is 17.3 Å². The van der Waals surface area contributed by atoms with Crippen molar-refractivity contribution in [1.29, 1.82) is 5.26 Å². The van der Waals surface area contributed by atoms with Gasteiger partial charge in [-0.3, -0.25) is 0 Å². The highest BCUT2D eigenvalue weighted by Crippen LogP contribution is 2.30. The van der Waals surface area contributed by atoms with Crippen molar-refractivity contribution >= 4 is 15.9 Å². The Morgan fingerprint density at radius 3 is 2.31 bits per heavy atom. The van der Waals surface area contributed by atoms with Crippen LogP contribution in [0.4, 0.5) is 0 Å². The first-order valence-corrected chi connectivity index (χ1v) is 13.8. The van der Waals surface area contributed by atoms with Gasteiger partial charge in [0.15, 0.2) is 0 Å². The maximum Gasteiger partial charge on any atom is 0.216 e. The van der Waals surface area contributed by atoms with Crippen LogP contribution in [0.5, 0.6) is 5.75 Å². The van der Waals surface area contributed by atoms with Gasteiger partial charge in [0.05, 0.1) is 10.6 Å². The molecule has 0 bridgehead atoms. The third kappa shape index (κ3) is 5.82. The van der Waals surface area contributed by atoms with Gasteiger partial charge in [-0.05, 0) is 55.0 Å². The number of hydrogen-bond acceptors (Lipinski definition) is 5. The van der Waals surface area contributed by atoms with Gasteiger partial charge in [-0.2, -0.15) is 10.4 Å². The number of allylic oxidation sites excluding steroid dienone is 1. The molecule has 0 aliphatic carbocycles. The minimum Gasteiger partial charge on any atom is -0.489 e. The lowest BCUT2D eigenvalue weighted by Gasteiger charge is -2.08. The minimum absolute atomic E-state index is 0.0641. The Hall–Kier alpha value is -4.93. The lowest BCUT2D eigenvalue weighted by atomic mass is 10.1. The van der Waals surface area contributed by atoms with Gasteiger partial charge in [0.1, 0.15) is 29.0 Å². The lowest BCUT2D eigenvalue weighted by molar-refractivity contribution is 0.306. The van der Waals surface area contributed by atoms with E-state index in [2.05, 4.69) is 0 Å². The van der Waals surface area contributed by atoms with E-state index in [-0.39, 0.29) is 9.80 Å². The molecule has 5 aromatic rings. The predicted octanol–water partition coefficient (Wildman–Crippen LogP) is 6.77. The first-order chi connectivity index (χ1) is 18.9. The molecule has 0 N–H and O–H groups in total. The number of benzene rings is 4. The summed E-state index contributed by atoms with van der Waals surface area (Å²) >= 11 is 0. The highest BCUT2D eigenvalue weighted by molar-refractivity contribution is 7.95. The molecule has 0 unspecified atom stereocenters. The topological polar surface area (TPSA) is 85.0 Å². The standard InChI is InChI=1S/C32H25N3O3S/c1-24-15-17-30(18-16-24)39(36,37)31(21-33)20-27-22-35(28-12-6-3-7-13-28)34-32(27)26-11-8-14-29(19-26)38-23-25-9-4-2-5-10-25/h2-20,22H,23H2,1H3. The molecule has 0 radical (unpaired) electrons. The van der Waals surface area contributed by atoms with Crippen LogP contribution in [-0.2, 0) is 16.4 Å². The van der Waals surface area contributed by atoms with Crippen LogP contribution in [-0.4, -0.2) is 18.2 Å². The summed E-state index contributed by atoms with van der Waals surface area (Å²) in [5.41, 5.74) is 4.51. The fraction of sp³-hybridized carbons (Fsp3) is 0.0625. The van der Waals surface area contributed by atoms with Crippen LogP contribution < -0.4 is 4.74 Å². The van der Waals surface area contributed by atoms with Crippen LogP contribution in [0.15, 0.2) is 125 Å². The Kier molecular flexibility index (Phi) is 7.39. The number of hydrogen-bond donors (Lipinski definition) is 0. The average molecular weight is 532 g/mol. The Bertz CT molecular complexity index is 1770. The van der Waals surface area contributed by atoms with E-state index < -0.39 is 9.84 Å². The Morgan fingerprint density at radius 1 is 0.923 bits per heavy atom. The fourth-order valence-electron chi connectivity index (χ4n) is 4.06. The fourth-order valence-corrected chi connectivity index (χ4v) is 5.21. The van der Waals surface area contributed by atoms with Crippen molar-refractivity contribution in [1.82, 2.24) is 9.78 Å². The molecule has 39 heavy (non-hydrogen) atoms. The number of aromatic nitrogens is 2. The monoisotopic (exact) mass is 531 g/mol. The molecule has 0 saturated heterocycles. The summed E-state index contributed by atoms with van der Waals surface area (Å²) in [5.74, 6) is 0.647. The molecule has 5 rings (SSSR count). The first-order valence-electron chi connectivity index (χ1n) is 12.3. The van der Waals surface area contributed by atoms with E-state index in [9.17, 15) is 13.7 Å². The summed E-state index contributed by atoms with van der Waals surface area (Å²) in [6, 6.07) is 35.2. The molecule has 192 valence electrons. The third-order valence-electron chi connectivity index (χ3n) is 6.14. The van der Waals surface area contributed by atoms with E-state index in [1.165, 1.54) is 18.2 Å². The summed E-state index contributed by atoms with van der Waals surface area (Å²) in [5, 5.41) is 14.7. The first kappa shape index (κ1) is 25.7. The summed E-state index contributed by atoms with van der Waals surface area (Å²) in [7, 11) is -4.03. The maximum absolute atomic E-state index is 13.3. The molecular formula is C32H25N3O3S. The highest BCUT2D eigenvalue weighted by Gasteiger charge is 2.22. The van der Waals surface area contributed by atoms with E-state index in [0.29, 0.717) is 23.6 Å². The van der Waals surface area contributed by atoms with Crippen LogP contribution in [0.25, 0.3) is 23.0 Å². The van der Waals surface area contributed by atoms with Crippen LogP contribution in [0.2, 0.25) is 0 Å². The average Bonchev–Trinajstić information content (AvgIpc) is 3.40. The van der Waals surface area contributed by atoms with E-state index in [1.807, 2.05) is 97.9 Å². The number of nitriles is 1. The van der Waals surface area contributed by atoms with Gasteiger partial charge in [0.25, 0.3) is 0 Å². The zero-order valence-corrected chi connectivity index (χ0v) is 22.0. The van der Waals surface area contributed by atoms with Gasteiger partial charge in [-0.25, -0.2) is 13.1 Å². The van der Waals surface area contributed by atoms with Crippen LogP contribution >= 0.6 is 0 Å². The highest BCUT2D eigenvalue weighted by atomic mass is 32.2. The van der Waals surface area contributed by atoms with Gasteiger partial charge in [0.2, 0.25) is 9.84 Å². The number of aryl methyl sites for hydroxylation is 1. The zero-order chi connectivity index (χ0) is 27.2. The van der Waals surface area contributed by atoms with Crippen molar-refractivity contribution in [2.75, 3.05) is 0 Å². The smallest absolute Gasteiger partial charge is 0.216 e. The van der Waals surface area contributed by atoms with E-state index in [4.69, 9.17) is 9.84 Å². The second kappa shape index (κ2) is 11.2. The quantitative estimate of drug-likeness (QED) is 0.206. The van der Waals surface area contributed by atoms with E-state index >= 15 is 0 Å². The van der Waals surface area contributed by atoms with Crippen molar-refractivity contribution in [3.8, 4) is 28.8 Å². The van der Waals surface area contributed by atoms with Crippen molar-refractivity contribution in [2.24, 2.45) is 0 Å². The molecule has 6 nitrogen and oxygen atoms in total. The summed E-state index contributed by atoms with van der Waals surface area (Å²) in [6.45, 7) is 2.28. The van der Waals surface area contributed by atoms with Gasteiger partial charge >= 0.3 is 0 Å². The lowest BCUT2D eigenvalue weighted by Crippen LogP contribution is -2.03. The van der Waals surface area contributed by atoms with Crippen molar-refractivity contribution < 1.29 is 13.2 Å². The molecule has 0 saturated carbocycles. The van der Waals surface area contributed by atoms with Gasteiger partial charge in [-0.1, -0.05) is 78.4 Å². The van der Waals surface area contributed by atoms with Crippen LogP contribution in [0.3, 0.4) is 0 Å². The van der Waals surface area contributed by atoms with Crippen molar-refractivity contribution in [2.45, 2.75) is 18.4 Å². The molecule has 0 amide bonds. The summed E-state index contributed by atoms with van der Waals surface area (Å²) in [6.07, 6.45) is 3.11. The molecule has 1 heterocycles. The van der Waals surface area contributed by atoms with Crippen molar-refractivity contribution in [3.63, 3.8) is 0 Å². The maximum atomic E-state index is 13.3. The second-order valence-corrected chi connectivity index (χ2v) is 10.9. The largest absolute Gasteiger partial charge is 0.489 e. The zero-order valence-electron chi connectivity index (χ0n) is 21.2.